The van der Waals surface area contributed by atoms with Crippen LogP contribution in [0.1, 0.15) is 19.4 Å². The normalized spacial score (nSPS) is 12.3. The van der Waals surface area contributed by atoms with Gasteiger partial charge in [0.25, 0.3) is 5.78 Å². The van der Waals surface area contributed by atoms with Crippen LogP contribution in [0.5, 0.6) is 0 Å². The largest absolute Gasteiger partial charge is 0.507 e. The van der Waals surface area contributed by atoms with E-state index in [2.05, 4.69) is 4.74 Å². The molecule has 0 fully saturated rings. The number of benzene rings is 1. The second-order valence-corrected chi connectivity index (χ2v) is 7.01. The summed E-state index contributed by atoms with van der Waals surface area (Å²) in [6, 6.07) is 5.37. The average molecular weight is 312 g/mol. The molecule has 21 heavy (non-hydrogen) atoms. The van der Waals surface area contributed by atoms with Crippen LogP contribution in [0.15, 0.2) is 35.2 Å². The topological polar surface area (TPSA) is 97.7 Å². The minimum atomic E-state index is -3.40. The van der Waals surface area contributed by atoms with Gasteiger partial charge in [0.15, 0.2) is 9.84 Å². The predicted molar refractivity (Wildman–Crippen MR) is 76.4 cm³/mol. The molecule has 0 aliphatic heterocycles. The highest BCUT2D eigenvalue weighted by atomic mass is 32.2. The molecule has 0 radical (unpaired) electrons. The first-order valence-corrected chi connectivity index (χ1v) is 7.62. The van der Waals surface area contributed by atoms with Crippen LogP contribution in [0, 0.1) is 0 Å². The van der Waals surface area contributed by atoms with E-state index in [9.17, 15) is 23.1 Å². The van der Waals surface area contributed by atoms with Crippen LogP contribution in [-0.4, -0.2) is 37.6 Å². The molecule has 0 atom stereocenters. The molecule has 0 spiro atoms. The third kappa shape index (κ3) is 3.91. The number of sulfone groups is 1. The van der Waals surface area contributed by atoms with E-state index in [1.165, 1.54) is 24.3 Å². The zero-order valence-electron chi connectivity index (χ0n) is 11.9. The number of carbonyl (C=O) groups excluding carboxylic acids is 2. The van der Waals surface area contributed by atoms with E-state index in [1.807, 2.05) is 0 Å². The van der Waals surface area contributed by atoms with Gasteiger partial charge >= 0.3 is 5.97 Å². The number of aliphatic hydroxyl groups is 1. The van der Waals surface area contributed by atoms with Crippen molar-refractivity contribution in [1.82, 2.24) is 0 Å². The maximum atomic E-state index is 11.9. The summed E-state index contributed by atoms with van der Waals surface area (Å²) >= 11 is 0. The summed E-state index contributed by atoms with van der Waals surface area (Å²) in [5.41, 5.74) is 0.218. The number of hydrogen-bond acceptors (Lipinski definition) is 6. The Balaban J connectivity index is 3.06. The van der Waals surface area contributed by atoms with E-state index in [0.717, 1.165) is 13.2 Å². The number of aliphatic hydroxyl groups excluding tert-OH is 1. The monoisotopic (exact) mass is 312 g/mol. The van der Waals surface area contributed by atoms with Crippen LogP contribution in [0.3, 0.4) is 0 Å². The van der Waals surface area contributed by atoms with Crippen molar-refractivity contribution in [1.29, 1.82) is 0 Å². The van der Waals surface area contributed by atoms with Gasteiger partial charge in [-0.2, -0.15) is 0 Å². The summed E-state index contributed by atoms with van der Waals surface area (Å²) in [6.07, 6.45) is 0.720. The van der Waals surface area contributed by atoms with E-state index < -0.39 is 32.6 Å². The molecule has 1 rings (SSSR count). The highest BCUT2D eigenvalue weighted by Crippen LogP contribution is 2.19. The molecule has 0 saturated carbocycles. The maximum absolute atomic E-state index is 11.9. The van der Waals surface area contributed by atoms with Gasteiger partial charge in [0.05, 0.1) is 17.3 Å². The van der Waals surface area contributed by atoms with Gasteiger partial charge < -0.3 is 9.84 Å². The second kappa shape index (κ2) is 6.53. The van der Waals surface area contributed by atoms with Crippen LogP contribution >= 0.6 is 0 Å². The molecule has 0 aliphatic rings. The molecule has 0 aliphatic carbocycles. The zero-order chi connectivity index (χ0) is 16.2. The molecule has 6 nitrogen and oxygen atoms in total. The molecule has 1 aromatic rings. The van der Waals surface area contributed by atoms with Crippen LogP contribution < -0.4 is 0 Å². The van der Waals surface area contributed by atoms with Gasteiger partial charge in [0.1, 0.15) is 5.76 Å². The molecule has 0 heterocycles. The Labute approximate surface area is 123 Å². The van der Waals surface area contributed by atoms with Crippen LogP contribution in [-0.2, 0) is 24.2 Å². The number of ketones is 1. The Morgan fingerprint density at radius 1 is 1.19 bits per heavy atom. The first-order chi connectivity index (χ1) is 9.70. The predicted octanol–water partition coefficient (Wildman–Crippen LogP) is 1.51. The number of ether oxygens (including phenoxy) is 1. The smallest absolute Gasteiger partial charge is 0.378 e. The van der Waals surface area contributed by atoms with Crippen LogP contribution in [0.25, 0.3) is 5.76 Å². The highest BCUT2D eigenvalue weighted by molar-refractivity contribution is 7.92. The SMILES string of the molecule is COC(=O)C(=O)/C=C(\O)c1ccc(S(=O)(=O)C(C)C)cc1. The van der Waals surface area contributed by atoms with E-state index in [4.69, 9.17) is 0 Å². The van der Waals surface area contributed by atoms with Crippen LogP contribution in [0.4, 0.5) is 0 Å². The Morgan fingerprint density at radius 2 is 1.71 bits per heavy atom. The molecule has 7 heteroatoms. The lowest BCUT2D eigenvalue weighted by atomic mass is 10.1. The minimum absolute atomic E-state index is 0.119. The number of rotatable bonds is 5. The van der Waals surface area contributed by atoms with Gasteiger partial charge in [0.2, 0.25) is 0 Å². The molecule has 1 N–H and O–H groups in total. The molecule has 0 unspecified atom stereocenters. The Kier molecular flexibility index (Phi) is 5.26. The lowest BCUT2D eigenvalue weighted by molar-refractivity contribution is -0.149. The summed E-state index contributed by atoms with van der Waals surface area (Å²) in [6.45, 7) is 3.13. The third-order valence-electron chi connectivity index (χ3n) is 2.75. The van der Waals surface area contributed by atoms with Crippen molar-refractivity contribution >= 4 is 27.3 Å². The fourth-order valence-corrected chi connectivity index (χ4v) is 2.51. The fourth-order valence-electron chi connectivity index (χ4n) is 1.45. The molecule has 0 bridgehead atoms. The molecule has 0 aromatic heterocycles. The Morgan fingerprint density at radius 3 is 2.14 bits per heavy atom. The first-order valence-electron chi connectivity index (χ1n) is 6.07. The van der Waals surface area contributed by atoms with Crippen molar-refractivity contribution in [2.45, 2.75) is 24.0 Å². The quantitative estimate of drug-likeness (QED) is 0.383. The molecule has 0 saturated heterocycles. The van der Waals surface area contributed by atoms with E-state index in [0.29, 0.717) is 0 Å². The molecular formula is C14H16O6S. The number of methoxy groups -OCH3 is 1. The minimum Gasteiger partial charge on any atom is -0.507 e. The van der Waals surface area contributed by atoms with Crippen molar-refractivity contribution in [3.63, 3.8) is 0 Å². The molecular weight excluding hydrogens is 296 g/mol. The van der Waals surface area contributed by atoms with Crippen molar-refractivity contribution < 1.29 is 27.9 Å². The second-order valence-electron chi connectivity index (χ2n) is 4.50. The van der Waals surface area contributed by atoms with Crippen LogP contribution in [0.2, 0.25) is 0 Å². The molecule has 0 amide bonds. The van der Waals surface area contributed by atoms with Gasteiger partial charge in [-0.1, -0.05) is 0 Å². The molecule has 1 aromatic carbocycles. The van der Waals surface area contributed by atoms with E-state index in [-0.39, 0.29) is 10.5 Å². The first kappa shape index (κ1) is 16.9. The Bertz CT molecular complexity index is 668. The lowest BCUT2D eigenvalue weighted by Crippen LogP contribution is -2.14. The number of hydrogen-bond donors (Lipinski definition) is 1. The average Bonchev–Trinajstić information content (AvgIpc) is 2.46. The summed E-state index contributed by atoms with van der Waals surface area (Å²) in [5, 5.41) is 9.16. The van der Waals surface area contributed by atoms with E-state index >= 15 is 0 Å². The highest BCUT2D eigenvalue weighted by Gasteiger charge is 2.19. The van der Waals surface area contributed by atoms with Crippen molar-refractivity contribution in [3.05, 3.63) is 35.9 Å². The van der Waals surface area contributed by atoms with Gasteiger partial charge in [-0.3, -0.25) is 4.79 Å². The Hall–Kier alpha value is -2.15. The van der Waals surface area contributed by atoms with Gasteiger partial charge in [0, 0.05) is 11.6 Å². The zero-order valence-corrected chi connectivity index (χ0v) is 12.7. The maximum Gasteiger partial charge on any atom is 0.378 e. The third-order valence-corrected chi connectivity index (χ3v) is 4.92. The number of esters is 1. The van der Waals surface area contributed by atoms with Crippen molar-refractivity contribution in [2.24, 2.45) is 0 Å². The summed E-state index contributed by atoms with van der Waals surface area (Å²) in [7, 11) is -2.35. The lowest BCUT2D eigenvalue weighted by Gasteiger charge is -2.08. The van der Waals surface area contributed by atoms with Gasteiger partial charge in [-0.25, -0.2) is 13.2 Å². The molecule has 114 valence electrons. The fraction of sp³-hybridized carbons (Fsp3) is 0.286. The summed E-state index contributed by atoms with van der Waals surface area (Å²) in [5.74, 6) is -2.55. The summed E-state index contributed by atoms with van der Waals surface area (Å²) in [4.78, 5) is 22.3. The summed E-state index contributed by atoms with van der Waals surface area (Å²) < 4.78 is 28.1. The number of carbonyl (C=O) groups is 2. The van der Waals surface area contributed by atoms with E-state index in [1.54, 1.807) is 13.8 Å². The standard InChI is InChI=1S/C14H16O6S/c1-9(2)21(18,19)11-6-4-10(5-7-11)12(15)8-13(16)14(17)20-3/h4-9,15H,1-3H3/b12-8-. The van der Waals surface area contributed by atoms with Crippen molar-refractivity contribution in [3.8, 4) is 0 Å². The van der Waals surface area contributed by atoms with Gasteiger partial charge in [-0.15, -0.1) is 0 Å². The van der Waals surface area contributed by atoms with Crippen molar-refractivity contribution in [2.75, 3.05) is 7.11 Å². The van der Waals surface area contributed by atoms with Gasteiger partial charge in [-0.05, 0) is 38.1 Å².